The Balaban J connectivity index is 1.97. The normalized spacial score (nSPS) is 9.95. The van der Waals surface area contributed by atoms with E-state index >= 15 is 0 Å². The first-order valence-corrected chi connectivity index (χ1v) is 6.30. The van der Waals surface area contributed by atoms with Gasteiger partial charge in [-0.15, -0.1) is 0 Å². The summed E-state index contributed by atoms with van der Waals surface area (Å²) in [5.74, 6) is -0.849. The monoisotopic (exact) mass is 285 g/mol. The molecule has 0 aliphatic rings. The number of rotatable bonds is 4. The second-order valence-electron chi connectivity index (χ2n) is 4.39. The summed E-state index contributed by atoms with van der Waals surface area (Å²) in [5.41, 5.74) is 7.75. The van der Waals surface area contributed by atoms with Crippen molar-refractivity contribution in [2.75, 3.05) is 12.8 Å². The molecule has 0 amide bonds. The summed E-state index contributed by atoms with van der Waals surface area (Å²) in [4.78, 5) is 23.1. The minimum absolute atomic E-state index is 0.120. The van der Waals surface area contributed by atoms with Crippen molar-refractivity contribution in [2.45, 2.75) is 6.61 Å². The predicted octanol–water partition coefficient (Wildman–Crippen LogP) is 2.41. The maximum absolute atomic E-state index is 11.8. The highest BCUT2D eigenvalue weighted by molar-refractivity contribution is 5.90. The van der Waals surface area contributed by atoms with E-state index in [4.69, 9.17) is 10.5 Å². The molecule has 0 unspecified atom stereocenters. The van der Waals surface area contributed by atoms with Gasteiger partial charge in [0.05, 0.1) is 18.2 Å². The largest absolute Gasteiger partial charge is 0.465 e. The van der Waals surface area contributed by atoms with E-state index in [-0.39, 0.29) is 6.61 Å². The molecule has 0 aromatic heterocycles. The molecule has 0 bridgehead atoms. The molecule has 2 aromatic carbocycles. The van der Waals surface area contributed by atoms with Gasteiger partial charge in [-0.3, -0.25) is 0 Å². The SMILES string of the molecule is COC(=O)c1ccc(COC(=O)c2cccc(N)c2)cc1. The van der Waals surface area contributed by atoms with E-state index in [0.29, 0.717) is 16.8 Å². The summed E-state index contributed by atoms with van der Waals surface area (Å²) in [6.45, 7) is 0.120. The van der Waals surface area contributed by atoms with E-state index in [9.17, 15) is 9.59 Å². The van der Waals surface area contributed by atoms with Crippen LogP contribution in [0.2, 0.25) is 0 Å². The lowest BCUT2D eigenvalue weighted by molar-refractivity contribution is 0.0471. The molecule has 0 saturated heterocycles. The van der Waals surface area contributed by atoms with Crippen LogP contribution in [0.25, 0.3) is 0 Å². The first-order valence-electron chi connectivity index (χ1n) is 6.30. The Hall–Kier alpha value is -2.82. The lowest BCUT2D eigenvalue weighted by atomic mass is 10.1. The molecule has 0 spiro atoms. The fraction of sp³-hybridized carbons (Fsp3) is 0.125. The van der Waals surface area contributed by atoms with Gasteiger partial charge in [-0.2, -0.15) is 0 Å². The number of carbonyl (C=O) groups excluding carboxylic acids is 2. The van der Waals surface area contributed by atoms with Crippen LogP contribution in [0.1, 0.15) is 26.3 Å². The van der Waals surface area contributed by atoms with Crippen molar-refractivity contribution in [1.82, 2.24) is 0 Å². The van der Waals surface area contributed by atoms with Crippen molar-refractivity contribution in [1.29, 1.82) is 0 Å². The second-order valence-corrected chi connectivity index (χ2v) is 4.39. The van der Waals surface area contributed by atoms with Crippen LogP contribution < -0.4 is 5.73 Å². The Labute approximate surface area is 122 Å². The molecule has 0 fully saturated rings. The lowest BCUT2D eigenvalue weighted by Crippen LogP contribution is -2.06. The van der Waals surface area contributed by atoms with Crippen molar-refractivity contribution in [3.8, 4) is 0 Å². The number of hydrogen-bond acceptors (Lipinski definition) is 5. The number of carbonyl (C=O) groups is 2. The Morgan fingerprint density at radius 2 is 1.71 bits per heavy atom. The van der Waals surface area contributed by atoms with E-state index in [2.05, 4.69) is 4.74 Å². The molecule has 2 N–H and O–H groups in total. The molecule has 0 aliphatic carbocycles. The van der Waals surface area contributed by atoms with Gasteiger partial charge in [-0.05, 0) is 35.9 Å². The molecule has 0 aliphatic heterocycles. The third kappa shape index (κ3) is 3.82. The quantitative estimate of drug-likeness (QED) is 0.689. The molecule has 0 heterocycles. The van der Waals surface area contributed by atoms with Crippen molar-refractivity contribution in [3.05, 3.63) is 65.2 Å². The summed E-state index contributed by atoms with van der Waals surface area (Å²) in [7, 11) is 1.32. The van der Waals surface area contributed by atoms with Crippen LogP contribution in [0.3, 0.4) is 0 Å². The molecule has 0 radical (unpaired) electrons. The molecule has 0 atom stereocenters. The van der Waals surface area contributed by atoms with Crippen LogP contribution in [0.15, 0.2) is 48.5 Å². The van der Waals surface area contributed by atoms with E-state index < -0.39 is 11.9 Å². The average molecular weight is 285 g/mol. The fourth-order valence-corrected chi connectivity index (χ4v) is 1.75. The zero-order valence-electron chi connectivity index (χ0n) is 11.5. The van der Waals surface area contributed by atoms with E-state index in [1.165, 1.54) is 7.11 Å². The summed E-state index contributed by atoms with van der Waals surface area (Å²) >= 11 is 0. The molecule has 5 nitrogen and oxygen atoms in total. The summed E-state index contributed by atoms with van der Waals surface area (Å²) in [6, 6.07) is 13.2. The maximum atomic E-state index is 11.8. The zero-order valence-corrected chi connectivity index (χ0v) is 11.5. The number of hydrogen-bond donors (Lipinski definition) is 1. The summed E-state index contributed by atoms with van der Waals surface area (Å²) in [5, 5.41) is 0. The Morgan fingerprint density at radius 1 is 1.00 bits per heavy atom. The molecule has 2 aromatic rings. The van der Waals surface area contributed by atoms with Crippen LogP contribution in [0.5, 0.6) is 0 Å². The fourth-order valence-electron chi connectivity index (χ4n) is 1.75. The predicted molar refractivity (Wildman–Crippen MR) is 77.8 cm³/mol. The number of benzene rings is 2. The first kappa shape index (κ1) is 14.6. The number of ether oxygens (including phenoxy) is 2. The van der Waals surface area contributed by atoms with Gasteiger partial charge in [-0.25, -0.2) is 9.59 Å². The highest BCUT2D eigenvalue weighted by Gasteiger charge is 2.08. The minimum atomic E-state index is -0.445. The lowest BCUT2D eigenvalue weighted by Gasteiger charge is -2.06. The van der Waals surface area contributed by atoms with Gasteiger partial charge in [0.1, 0.15) is 6.61 Å². The summed E-state index contributed by atoms with van der Waals surface area (Å²) < 4.78 is 9.79. The van der Waals surface area contributed by atoms with Gasteiger partial charge in [0, 0.05) is 5.69 Å². The third-order valence-corrected chi connectivity index (χ3v) is 2.87. The first-order chi connectivity index (χ1) is 10.1. The van der Waals surface area contributed by atoms with Gasteiger partial charge in [0.15, 0.2) is 0 Å². The Bertz CT molecular complexity index is 650. The molecule has 108 valence electrons. The number of nitrogen functional groups attached to an aromatic ring is 1. The smallest absolute Gasteiger partial charge is 0.338 e. The Kier molecular flexibility index (Phi) is 4.56. The number of esters is 2. The minimum Gasteiger partial charge on any atom is -0.465 e. The van der Waals surface area contributed by atoms with E-state index in [0.717, 1.165) is 5.56 Å². The molecule has 0 saturated carbocycles. The number of nitrogens with two attached hydrogens (primary N) is 1. The van der Waals surface area contributed by atoms with Crippen LogP contribution in [0, 0.1) is 0 Å². The van der Waals surface area contributed by atoms with Crippen LogP contribution in [-0.4, -0.2) is 19.0 Å². The van der Waals surface area contributed by atoms with Gasteiger partial charge < -0.3 is 15.2 Å². The zero-order chi connectivity index (χ0) is 15.2. The van der Waals surface area contributed by atoms with E-state index in [1.807, 2.05) is 0 Å². The van der Waals surface area contributed by atoms with Gasteiger partial charge in [0.2, 0.25) is 0 Å². The van der Waals surface area contributed by atoms with Crippen molar-refractivity contribution < 1.29 is 19.1 Å². The third-order valence-electron chi connectivity index (χ3n) is 2.87. The summed E-state index contributed by atoms with van der Waals surface area (Å²) in [6.07, 6.45) is 0. The van der Waals surface area contributed by atoms with E-state index in [1.54, 1.807) is 48.5 Å². The molecular formula is C16H15NO4. The standard InChI is InChI=1S/C16H15NO4/c1-20-15(18)12-7-5-11(6-8-12)10-21-16(19)13-3-2-4-14(17)9-13/h2-9H,10,17H2,1H3. The maximum Gasteiger partial charge on any atom is 0.338 e. The highest BCUT2D eigenvalue weighted by Crippen LogP contribution is 2.11. The van der Waals surface area contributed by atoms with Crippen molar-refractivity contribution in [2.24, 2.45) is 0 Å². The Morgan fingerprint density at radius 3 is 2.33 bits per heavy atom. The van der Waals surface area contributed by atoms with Gasteiger partial charge >= 0.3 is 11.9 Å². The molecule has 5 heteroatoms. The van der Waals surface area contributed by atoms with Gasteiger partial charge in [0.25, 0.3) is 0 Å². The van der Waals surface area contributed by atoms with Gasteiger partial charge in [-0.1, -0.05) is 18.2 Å². The van der Waals surface area contributed by atoms with Crippen LogP contribution in [-0.2, 0) is 16.1 Å². The highest BCUT2D eigenvalue weighted by atomic mass is 16.5. The van der Waals surface area contributed by atoms with Crippen molar-refractivity contribution in [3.63, 3.8) is 0 Å². The molecule has 21 heavy (non-hydrogen) atoms. The molecular weight excluding hydrogens is 270 g/mol. The number of anilines is 1. The van der Waals surface area contributed by atoms with Crippen molar-refractivity contribution >= 4 is 17.6 Å². The molecule has 2 rings (SSSR count). The van der Waals surface area contributed by atoms with Crippen LogP contribution >= 0.6 is 0 Å². The number of methoxy groups -OCH3 is 1. The second kappa shape index (κ2) is 6.56. The topological polar surface area (TPSA) is 78.6 Å². The average Bonchev–Trinajstić information content (AvgIpc) is 2.52. The van der Waals surface area contributed by atoms with Crippen LogP contribution in [0.4, 0.5) is 5.69 Å².